The first-order chi connectivity index (χ1) is 15.6. The van der Waals surface area contributed by atoms with Gasteiger partial charge in [0.05, 0.1) is 0 Å². The summed E-state index contributed by atoms with van der Waals surface area (Å²) < 4.78 is 0. The Morgan fingerprint density at radius 1 is 1.03 bits per heavy atom. The summed E-state index contributed by atoms with van der Waals surface area (Å²) in [6.07, 6.45) is 5.55. The largest absolute Gasteiger partial charge is 0.370 e. The van der Waals surface area contributed by atoms with Crippen LogP contribution >= 0.6 is 0 Å². The van der Waals surface area contributed by atoms with Gasteiger partial charge in [-0.25, -0.2) is 9.97 Å². The SMILES string of the molecule is CCNc1cc(N2CCC(CCC(=O)N3CCN(c4cccc(C)c4)CC3)CC2)ncn1. The van der Waals surface area contributed by atoms with Gasteiger partial charge in [-0.2, -0.15) is 0 Å². The van der Waals surface area contributed by atoms with E-state index in [1.807, 2.05) is 6.07 Å². The van der Waals surface area contributed by atoms with E-state index in [1.165, 1.54) is 11.3 Å². The van der Waals surface area contributed by atoms with Crippen LogP contribution in [0.15, 0.2) is 36.7 Å². The van der Waals surface area contributed by atoms with Crippen molar-refractivity contribution in [1.29, 1.82) is 0 Å². The van der Waals surface area contributed by atoms with Crippen LogP contribution in [0.3, 0.4) is 0 Å². The number of hydrogen-bond donors (Lipinski definition) is 1. The van der Waals surface area contributed by atoms with Crippen molar-refractivity contribution in [3.8, 4) is 0 Å². The van der Waals surface area contributed by atoms with E-state index in [0.29, 0.717) is 18.2 Å². The Hall–Kier alpha value is -2.83. The zero-order valence-electron chi connectivity index (χ0n) is 19.5. The Balaban J connectivity index is 1.18. The number of amides is 1. The van der Waals surface area contributed by atoms with Gasteiger partial charge in [0.25, 0.3) is 0 Å². The number of aryl methyl sites for hydroxylation is 1. The molecule has 4 rings (SSSR count). The summed E-state index contributed by atoms with van der Waals surface area (Å²) >= 11 is 0. The maximum atomic E-state index is 12.8. The predicted molar refractivity (Wildman–Crippen MR) is 130 cm³/mol. The van der Waals surface area contributed by atoms with Crippen LogP contribution in [0.25, 0.3) is 0 Å². The van der Waals surface area contributed by atoms with Crippen LogP contribution in [0.2, 0.25) is 0 Å². The van der Waals surface area contributed by atoms with Gasteiger partial charge < -0.3 is 20.0 Å². The highest BCUT2D eigenvalue weighted by Gasteiger charge is 2.24. The zero-order chi connectivity index (χ0) is 22.3. The van der Waals surface area contributed by atoms with E-state index in [-0.39, 0.29) is 0 Å². The fourth-order valence-electron chi connectivity index (χ4n) is 4.77. The zero-order valence-corrected chi connectivity index (χ0v) is 19.5. The van der Waals surface area contributed by atoms with Crippen LogP contribution in [0.4, 0.5) is 17.3 Å². The van der Waals surface area contributed by atoms with Gasteiger partial charge in [0.1, 0.15) is 18.0 Å². The van der Waals surface area contributed by atoms with Crippen molar-refractivity contribution in [2.75, 3.05) is 60.9 Å². The fourth-order valence-corrected chi connectivity index (χ4v) is 4.77. The summed E-state index contributed by atoms with van der Waals surface area (Å²) in [5.74, 6) is 2.82. The molecule has 0 spiro atoms. The van der Waals surface area contributed by atoms with Crippen molar-refractivity contribution in [2.24, 2.45) is 5.92 Å². The first kappa shape index (κ1) is 22.4. The quantitative estimate of drug-likeness (QED) is 0.716. The highest BCUT2D eigenvalue weighted by Crippen LogP contribution is 2.26. The van der Waals surface area contributed by atoms with E-state index in [4.69, 9.17) is 0 Å². The molecule has 3 heterocycles. The molecule has 0 unspecified atom stereocenters. The maximum absolute atomic E-state index is 12.8. The van der Waals surface area contributed by atoms with E-state index in [0.717, 1.165) is 76.7 Å². The second kappa shape index (κ2) is 10.7. The van der Waals surface area contributed by atoms with Crippen LogP contribution in [0, 0.1) is 12.8 Å². The van der Waals surface area contributed by atoms with Crippen LogP contribution in [0.5, 0.6) is 0 Å². The van der Waals surface area contributed by atoms with E-state index >= 15 is 0 Å². The maximum Gasteiger partial charge on any atom is 0.222 e. The van der Waals surface area contributed by atoms with Crippen molar-refractivity contribution in [3.63, 3.8) is 0 Å². The molecule has 1 amide bonds. The number of rotatable bonds is 7. The lowest BCUT2D eigenvalue weighted by molar-refractivity contribution is -0.131. The molecule has 2 aromatic rings. The van der Waals surface area contributed by atoms with Gasteiger partial charge in [0.2, 0.25) is 5.91 Å². The fraction of sp³-hybridized carbons (Fsp3) is 0.560. The first-order valence-electron chi connectivity index (χ1n) is 12.0. The van der Waals surface area contributed by atoms with Gasteiger partial charge >= 0.3 is 0 Å². The lowest BCUT2D eigenvalue weighted by atomic mass is 9.92. The Morgan fingerprint density at radius 3 is 2.53 bits per heavy atom. The number of benzene rings is 1. The molecule has 2 aliphatic heterocycles. The average Bonchev–Trinajstić information content (AvgIpc) is 2.83. The van der Waals surface area contributed by atoms with Crippen LogP contribution in [-0.4, -0.2) is 66.6 Å². The minimum atomic E-state index is 0.322. The molecule has 0 atom stereocenters. The summed E-state index contributed by atoms with van der Waals surface area (Å²) in [6, 6.07) is 10.7. The molecule has 0 aliphatic carbocycles. The summed E-state index contributed by atoms with van der Waals surface area (Å²) in [4.78, 5) is 28.3. The summed E-state index contributed by atoms with van der Waals surface area (Å²) in [5, 5.41) is 3.25. The molecular formula is C25H36N6O. The van der Waals surface area contributed by atoms with Gasteiger partial charge in [0, 0.05) is 64.0 Å². The van der Waals surface area contributed by atoms with Crippen LogP contribution in [0.1, 0.15) is 38.2 Å². The molecule has 2 saturated heterocycles. The third kappa shape index (κ3) is 5.69. The normalized spacial score (nSPS) is 17.5. The number of aromatic nitrogens is 2. The second-order valence-electron chi connectivity index (χ2n) is 8.97. The smallest absolute Gasteiger partial charge is 0.222 e. The molecule has 7 nitrogen and oxygen atoms in total. The Bertz CT molecular complexity index is 888. The van der Waals surface area contributed by atoms with E-state index < -0.39 is 0 Å². The molecule has 32 heavy (non-hydrogen) atoms. The lowest BCUT2D eigenvalue weighted by Crippen LogP contribution is -2.48. The minimum Gasteiger partial charge on any atom is -0.370 e. The first-order valence-corrected chi connectivity index (χ1v) is 12.0. The number of piperidine rings is 1. The molecule has 1 aromatic carbocycles. The Kier molecular flexibility index (Phi) is 7.45. The highest BCUT2D eigenvalue weighted by molar-refractivity contribution is 5.76. The Labute approximate surface area is 191 Å². The van der Waals surface area contributed by atoms with E-state index in [2.05, 4.69) is 68.1 Å². The van der Waals surface area contributed by atoms with Crippen LogP contribution in [-0.2, 0) is 4.79 Å². The number of nitrogens with one attached hydrogen (secondary N) is 1. The number of piperazine rings is 1. The Morgan fingerprint density at radius 2 is 1.81 bits per heavy atom. The van der Waals surface area contributed by atoms with Gasteiger partial charge in [-0.05, 0) is 56.7 Å². The molecule has 2 fully saturated rings. The van der Waals surface area contributed by atoms with E-state index in [1.54, 1.807) is 6.33 Å². The molecule has 0 saturated carbocycles. The molecule has 1 aromatic heterocycles. The molecule has 1 N–H and O–H groups in total. The van der Waals surface area contributed by atoms with Gasteiger partial charge in [-0.3, -0.25) is 4.79 Å². The number of nitrogens with zero attached hydrogens (tertiary/aromatic N) is 5. The topological polar surface area (TPSA) is 64.6 Å². The van der Waals surface area contributed by atoms with Crippen molar-refractivity contribution >= 4 is 23.2 Å². The standard InChI is InChI=1S/C25H36N6O/c1-3-26-23-18-24(28-19-27-23)30-11-9-21(10-12-30)7-8-25(32)31-15-13-29(14-16-31)22-6-4-5-20(2)17-22/h4-6,17-19,21H,3,7-16H2,1-2H3,(H,26,27,28). The molecule has 0 bridgehead atoms. The van der Waals surface area contributed by atoms with Crippen molar-refractivity contribution in [2.45, 2.75) is 39.5 Å². The lowest BCUT2D eigenvalue weighted by Gasteiger charge is -2.37. The van der Waals surface area contributed by atoms with Crippen molar-refractivity contribution in [1.82, 2.24) is 14.9 Å². The summed E-state index contributed by atoms with van der Waals surface area (Å²) in [6.45, 7) is 10.5. The second-order valence-corrected chi connectivity index (χ2v) is 8.97. The molecule has 2 aliphatic rings. The highest BCUT2D eigenvalue weighted by atomic mass is 16.2. The van der Waals surface area contributed by atoms with Gasteiger partial charge in [-0.1, -0.05) is 12.1 Å². The number of carbonyl (C=O) groups excluding carboxylic acids is 1. The number of carbonyl (C=O) groups is 1. The molecule has 172 valence electrons. The summed E-state index contributed by atoms with van der Waals surface area (Å²) in [5.41, 5.74) is 2.55. The average molecular weight is 437 g/mol. The van der Waals surface area contributed by atoms with Gasteiger partial charge in [-0.15, -0.1) is 0 Å². The predicted octanol–water partition coefficient (Wildman–Crippen LogP) is 3.56. The third-order valence-corrected chi connectivity index (χ3v) is 6.71. The number of hydrogen-bond acceptors (Lipinski definition) is 6. The number of anilines is 3. The summed E-state index contributed by atoms with van der Waals surface area (Å²) in [7, 11) is 0. The van der Waals surface area contributed by atoms with Crippen molar-refractivity contribution in [3.05, 3.63) is 42.2 Å². The van der Waals surface area contributed by atoms with Gasteiger partial charge in [0.15, 0.2) is 0 Å². The van der Waals surface area contributed by atoms with Crippen LogP contribution < -0.4 is 15.1 Å². The molecule has 0 radical (unpaired) electrons. The third-order valence-electron chi connectivity index (χ3n) is 6.71. The molecular weight excluding hydrogens is 400 g/mol. The monoisotopic (exact) mass is 436 g/mol. The minimum absolute atomic E-state index is 0.322. The van der Waals surface area contributed by atoms with Crippen molar-refractivity contribution < 1.29 is 4.79 Å². The molecule has 7 heteroatoms. The van der Waals surface area contributed by atoms with E-state index in [9.17, 15) is 4.79 Å².